The molecule has 0 saturated carbocycles. The molecule has 5 nitrogen and oxygen atoms in total. The largest absolute Gasteiger partial charge is 0.325 e. The maximum absolute atomic E-state index is 12.6. The number of amides is 1. The molecule has 0 aliphatic carbocycles. The Morgan fingerprint density at radius 1 is 0.971 bits per heavy atom. The zero-order valence-corrected chi connectivity index (χ0v) is 21.8. The fraction of sp³-hybridized carbons (Fsp3) is 0.259. The van der Waals surface area contributed by atoms with E-state index in [4.69, 9.17) is 28.2 Å². The normalized spacial score (nSPS) is 14.9. The van der Waals surface area contributed by atoms with Crippen molar-refractivity contribution in [2.45, 2.75) is 13.5 Å². The second-order valence-corrected chi connectivity index (χ2v) is 10.8. The van der Waals surface area contributed by atoms with Crippen LogP contribution >= 0.6 is 34.5 Å². The third kappa shape index (κ3) is 6.02. The molecule has 1 saturated heterocycles. The summed E-state index contributed by atoms with van der Waals surface area (Å²) in [6, 6.07) is 19.9. The SMILES string of the molecule is Cc1ccc2nc(-c3ccc(NC(=O)CN4CCN(Cc5ccc(Cl)cc5Cl)CC4)cc3)sc2c1. The van der Waals surface area contributed by atoms with Gasteiger partial charge in [0.1, 0.15) is 5.01 Å². The molecule has 0 spiro atoms. The van der Waals surface area contributed by atoms with Gasteiger partial charge < -0.3 is 5.32 Å². The number of aryl methyl sites for hydroxylation is 1. The average molecular weight is 526 g/mol. The summed E-state index contributed by atoms with van der Waals surface area (Å²) in [5, 5.41) is 5.36. The maximum atomic E-state index is 12.6. The van der Waals surface area contributed by atoms with E-state index >= 15 is 0 Å². The Bertz CT molecular complexity index is 1350. The molecule has 0 atom stereocenters. The first-order valence-corrected chi connectivity index (χ1v) is 13.2. The van der Waals surface area contributed by atoms with Crippen LogP contribution in [0.2, 0.25) is 10.0 Å². The zero-order chi connectivity index (χ0) is 24.4. The summed E-state index contributed by atoms with van der Waals surface area (Å²) in [6.07, 6.45) is 0. The quantitative estimate of drug-likeness (QED) is 0.320. The van der Waals surface area contributed by atoms with Crippen LogP contribution in [-0.2, 0) is 11.3 Å². The molecule has 0 radical (unpaired) electrons. The standard InChI is InChI=1S/C27H26Cl2N4OS/c1-18-2-9-24-25(14-18)35-27(31-24)19-4-7-22(8-5-19)30-26(34)17-33-12-10-32(11-13-33)16-20-3-6-21(28)15-23(20)29/h2-9,14-15H,10-13,16-17H2,1H3,(H,30,34). The molecular formula is C27H26Cl2N4OS. The second kappa shape index (κ2) is 10.6. The summed E-state index contributed by atoms with van der Waals surface area (Å²) in [7, 11) is 0. The fourth-order valence-electron chi connectivity index (χ4n) is 4.25. The first-order chi connectivity index (χ1) is 16.9. The predicted molar refractivity (Wildman–Crippen MR) is 147 cm³/mol. The van der Waals surface area contributed by atoms with Gasteiger partial charge in [0, 0.05) is 54.0 Å². The van der Waals surface area contributed by atoms with Gasteiger partial charge in [-0.2, -0.15) is 0 Å². The Balaban J connectivity index is 1.11. The van der Waals surface area contributed by atoms with Crippen molar-refractivity contribution in [3.05, 3.63) is 81.8 Å². The van der Waals surface area contributed by atoms with Gasteiger partial charge in [-0.1, -0.05) is 35.3 Å². The molecule has 0 bridgehead atoms. The molecule has 1 fully saturated rings. The highest BCUT2D eigenvalue weighted by Crippen LogP contribution is 2.31. The van der Waals surface area contributed by atoms with Crippen LogP contribution in [0, 0.1) is 6.92 Å². The van der Waals surface area contributed by atoms with E-state index in [0.29, 0.717) is 16.6 Å². The van der Waals surface area contributed by atoms with Crippen LogP contribution in [0.15, 0.2) is 60.7 Å². The van der Waals surface area contributed by atoms with Crippen molar-refractivity contribution in [3.63, 3.8) is 0 Å². The van der Waals surface area contributed by atoms with Crippen LogP contribution in [0.3, 0.4) is 0 Å². The molecule has 2 heterocycles. The molecule has 180 valence electrons. The highest BCUT2D eigenvalue weighted by molar-refractivity contribution is 7.21. The number of piperazine rings is 1. The number of thiazole rings is 1. The third-order valence-electron chi connectivity index (χ3n) is 6.20. The van der Waals surface area contributed by atoms with E-state index in [1.54, 1.807) is 17.4 Å². The Morgan fingerprint density at radius 2 is 1.71 bits per heavy atom. The van der Waals surface area contributed by atoms with Crippen LogP contribution < -0.4 is 5.32 Å². The molecule has 1 amide bonds. The first-order valence-electron chi connectivity index (χ1n) is 11.6. The molecule has 0 unspecified atom stereocenters. The van der Waals surface area contributed by atoms with Gasteiger partial charge in [0.15, 0.2) is 0 Å². The average Bonchev–Trinajstić information content (AvgIpc) is 3.26. The van der Waals surface area contributed by atoms with E-state index in [2.05, 4.69) is 40.2 Å². The number of hydrogen-bond acceptors (Lipinski definition) is 5. The molecule has 1 aromatic heterocycles. The number of aromatic nitrogens is 1. The van der Waals surface area contributed by atoms with Crippen LogP contribution in [-0.4, -0.2) is 53.4 Å². The lowest BCUT2D eigenvalue weighted by atomic mass is 10.2. The van der Waals surface area contributed by atoms with E-state index in [1.807, 2.05) is 36.4 Å². The number of hydrogen-bond donors (Lipinski definition) is 1. The van der Waals surface area contributed by atoms with E-state index in [0.717, 1.165) is 60.1 Å². The van der Waals surface area contributed by atoms with E-state index in [-0.39, 0.29) is 5.91 Å². The number of fused-ring (bicyclic) bond motifs is 1. The summed E-state index contributed by atoms with van der Waals surface area (Å²) in [6.45, 7) is 6.73. The molecule has 3 aromatic carbocycles. The minimum absolute atomic E-state index is 0.00223. The van der Waals surface area contributed by atoms with E-state index in [9.17, 15) is 4.79 Å². The molecule has 35 heavy (non-hydrogen) atoms. The molecule has 4 aromatic rings. The minimum atomic E-state index is 0.00223. The van der Waals surface area contributed by atoms with Gasteiger partial charge in [-0.15, -0.1) is 11.3 Å². The molecule has 1 aliphatic heterocycles. The first kappa shape index (κ1) is 24.2. The number of benzene rings is 3. The Labute approximate surface area is 219 Å². The van der Waals surface area contributed by atoms with Gasteiger partial charge in [0.2, 0.25) is 5.91 Å². The summed E-state index contributed by atoms with van der Waals surface area (Å²) in [5.41, 5.74) is 5.18. The van der Waals surface area contributed by atoms with Crippen molar-refractivity contribution in [1.29, 1.82) is 0 Å². The Kier molecular flexibility index (Phi) is 7.37. The zero-order valence-electron chi connectivity index (χ0n) is 19.4. The molecule has 5 rings (SSSR count). The summed E-state index contributed by atoms with van der Waals surface area (Å²) < 4.78 is 1.19. The van der Waals surface area contributed by atoms with Crippen molar-refractivity contribution in [1.82, 2.24) is 14.8 Å². The lowest BCUT2D eigenvalue weighted by molar-refractivity contribution is -0.117. The van der Waals surface area contributed by atoms with Gasteiger partial charge >= 0.3 is 0 Å². The van der Waals surface area contributed by atoms with Crippen molar-refractivity contribution in [2.75, 3.05) is 38.0 Å². The van der Waals surface area contributed by atoms with Gasteiger partial charge in [-0.3, -0.25) is 14.6 Å². The number of anilines is 1. The van der Waals surface area contributed by atoms with Crippen molar-refractivity contribution >= 4 is 56.3 Å². The van der Waals surface area contributed by atoms with Crippen LogP contribution in [0.5, 0.6) is 0 Å². The van der Waals surface area contributed by atoms with E-state index < -0.39 is 0 Å². The molecular weight excluding hydrogens is 499 g/mol. The number of halogens is 2. The monoisotopic (exact) mass is 524 g/mol. The van der Waals surface area contributed by atoms with Crippen LogP contribution in [0.25, 0.3) is 20.8 Å². The molecule has 1 N–H and O–H groups in total. The number of carbonyl (C=O) groups is 1. The van der Waals surface area contributed by atoms with Gasteiger partial charge in [-0.25, -0.2) is 4.98 Å². The topological polar surface area (TPSA) is 48.5 Å². The van der Waals surface area contributed by atoms with Crippen molar-refractivity contribution < 1.29 is 4.79 Å². The van der Waals surface area contributed by atoms with Crippen molar-refractivity contribution in [3.8, 4) is 10.6 Å². The van der Waals surface area contributed by atoms with Gasteiger partial charge in [-0.05, 0) is 66.6 Å². The number of nitrogens with one attached hydrogen (secondary N) is 1. The third-order valence-corrected chi connectivity index (χ3v) is 7.85. The summed E-state index contributed by atoms with van der Waals surface area (Å²) >= 11 is 14.0. The molecule has 8 heteroatoms. The number of nitrogens with zero attached hydrogens (tertiary/aromatic N) is 3. The van der Waals surface area contributed by atoms with Crippen LogP contribution in [0.1, 0.15) is 11.1 Å². The Morgan fingerprint density at radius 3 is 2.46 bits per heavy atom. The van der Waals surface area contributed by atoms with Gasteiger partial charge in [0.25, 0.3) is 0 Å². The smallest absolute Gasteiger partial charge is 0.238 e. The van der Waals surface area contributed by atoms with E-state index in [1.165, 1.54) is 10.3 Å². The minimum Gasteiger partial charge on any atom is -0.325 e. The van der Waals surface area contributed by atoms with Crippen molar-refractivity contribution in [2.24, 2.45) is 0 Å². The van der Waals surface area contributed by atoms with Crippen LogP contribution in [0.4, 0.5) is 5.69 Å². The highest BCUT2D eigenvalue weighted by atomic mass is 35.5. The number of carbonyl (C=O) groups excluding carboxylic acids is 1. The predicted octanol–water partition coefficient (Wildman–Crippen LogP) is 6.33. The second-order valence-electron chi connectivity index (χ2n) is 8.90. The maximum Gasteiger partial charge on any atom is 0.238 e. The van der Waals surface area contributed by atoms with Gasteiger partial charge in [0.05, 0.1) is 16.8 Å². The summed E-state index contributed by atoms with van der Waals surface area (Å²) in [5.74, 6) is 0.00223. The lowest BCUT2D eigenvalue weighted by Gasteiger charge is -2.34. The summed E-state index contributed by atoms with van der Waals surface area (Å²) in [4.78, 5) is 21.9. The fourth-order valence-corrected chi connectivity index (χ4v) is 5.79. The lowest BCUT2D eigenvalue weighted by Crippen LogP contribution is -2.48. The Hall–Kier alpha value is -2.48. The molecule has 1 aliphatic rings. The number of rotatable bonds is 6. The highest BCUT2D eigenvalue weighted by Gasteiger charge is 2.20.